The summed E-state index contributed by atoms with van der Waals surface area (Å²) in [5.74, 6) is -0.866. The molecule has 3 rings (SSSR count). The summed E-state index contributed by atoms with van der Waals surface area (Å²) in [4.78, 5) is 26.7. The number of piperazine rings is 1. The first-order chi connectivity index (χ1) is 12.5. The summed E-state index contributed by atoms with van der Waals surface area (Å²) in [6.07, 6.45) is 0. The normalized spacial score (nSPS) is 14.1. The van der Waals surface area contributed by atoms with Gasteiger partial charge in [0.15, 0.2) is 6.61 Å². The molecule has 2 aromatic rings. The highest BCUT2D eigenvalue weighted by atomic mass is 32.1. The first kappa shape index (κ1) is 18.1. The molecule has 0 spiro atoms. The van der Waals surface area contributed by atoms with Crippen molar-refractivity contribution >= 4 is 34.0 Å². The highest BCUT2D eigenvalue weighted by molar-refractivity contribution is 7.17. The number of aromatic nitrogens is 2. The fourth-order valence-electron chi connectivity index (χ4n) is 2.46. The zero-order valence-corrected chi connectivity index (χ0v) is 15.0. The maximum atomic E-state index is 12.6. The Hall–Kier alpha value is -2.72. The number of benzene rings is 1. The van der Waals surface area contributed by atoms with Crippen LogP contribution >= 0.6 is 11.3 Å². The van der Waals surface area contributed by atoms with Crippen molar-refractivity contribution in [1.29, 1.82) is 0 Å². The lowest BCUT2D eigenvalue weighted by Crippen LogP contribution is -2.43. The van der Waals surface area contributed by atoms with Crippen molar-refractivity contribution in [1.82, 2.24) is 15.5 Å². The molecule has 0 saturated carbocycles. The van der Waals surface area contributed by atoms with Crippen LogP contribution in [0.2, 0.25) is 0 Å². The minimum absolute atomic E-state index is 0.247. The van der Waals surface area contributed by atoms with Gasteiger partial charge in [-0.1, -0.05) is 11.3 Å². The molecule has 26 heavy (non-hydrogen) atoms. The molecule has 1 aromatic carbocycles. The number of hydrogen-bond donors (Lipinski definition) is 2. The number of ether oxygens (including phenoxy) is 1. The topological polar surface area (TPSA) is 108 Å². The summed E-state index contributed by atoms with van der Waals surface area (Å²) in [6.45, 7) is 3.05. The van der Waals surface area contributed by atoms with Crippen LogP contribution < -0.4 is 19.9 Å². The Morgan fingerprint density at radius 3 is 2.62 bits per heavy atom. The Morgan fingerprint density at radius 1 is 1.27 bits per heavy atom. The predicted octanol–water partition coefficient (Wildman–Crippen LogP) is 0.688. The van der Waals surface area contributed by atoms with Gasteiger partial charge < -0.3 is 25.0 Å². The molecule has 1 aliphatic heterocycles. The van der Waals surface area contributed by atoms with Crippen LogP contribution in [0.4, 0.5) is 10.8 Å². The molecule has 2 N–H and O–H groups in total. The molecule has 0 unspecified atom stereocenters. The van der Waals surface area contributed by atoms with Gasteiger partial charge in [0.1, 0.15) is 5.75 Å². The first-order valence-corrected chi connectivity index (χ1v) is 8.88. The zero-order chi connectivity index (χ0) is 18.5. The number of carbonyl (C=O) groups excluding carboxylic acids is 1. The van der Waals surface area contributed by atoms with Crippen molar-refractivity contribution in [3.05, 3.63) is 29.3 Å². The van der Waals surface area contributed by atoms with Gasteiger partial charge in [0.25, 0.3) is 5.91 Å². The fourth-order valence-corrected chi connectivity index (χ4v) is 3.33. The molecule has 0 aliphatic carbocycles. The number of carbonyl (C=O) groups is 2. The molecule has 1 saturated heterocycles. The molecule has 2 heterocycles. The summed E-state index contributed by atoms with van der Waals surface area (Å²) in [6, 6.07) is 6.61. The molecule has 1 aromatic heterocycles. The molecule has 10 heteroatoms. The van der Waals surface area contributed by atoms with Gasteiger partial charge in [0.05, 0.1) is 0 Å². The predicted molar refractivity (Wildman–Crippen MR) is 97.3 cm³/mol. The van der Waals surface area contributed by atoms with Crippen LogP contribution in [-0.4, -0.2) is 67.0 Å². The number of aliphatic carboxylic acids is 1. The number of carboxylic acids is 1. The van der Waals surface area contributed by atoms with Crippen LogP contribution in [0.25, 0.3) is 0 Å². The summed E-state index contributed by atoms with van der Waals surface area (Å²) in [5, 5.41) is 21.1. The lowest BCUT2D eigenvalue weighted by atomic mass is 10.3. The minimum Gasteiger partial charge on any atom is -0.482 e. The largest absolute Gasteiger partial charge is 0.482 e. The van der Waals surface area contributed by atoms with Gasteiger partial charge >= 0.3 is 5.97 Å². The van der Waals surface area contributed by atoms with Gasteiger partial charge in [-0.3, -0.25) is 4.79 Å². The second-order valence-corrected chi connectivity index (χ2v) is 6.62. The van der Waals surface area contributed by atoms with E-state index in [1.165, 1.54) is 16.2 Å². The minimum atomic E-state index is -1.04. The molecule has 0 atom stereocenters. The van der Waals surface area contributed by atoms with Crippen LogP contribution in [0.3, 0.4) is 0 Å². The first-order valence-electron chi connectivity index (χ1n) is 8.06. The van der Waals surface area contributed by atoms with Gasteiger partial charge in [-0.2, -0.15) is 0 Å². The molecule has 1 amide bonds. The highest BCUT2D eigenvalue weighted by Crippen LogP contribution is 2.24. The van der Waals surface area contributed by atoms with E-state index in [4.69, 9.17) is 9.84 Å². The second kappa shape index (κ2) is 8.11. The number of amides is 1. The number of carboxylic acid groups (broad SMARTS) is 1. The van der Waals surface area contributed by atoms with E-state index in [-0.39, 0.29) is 5.91 Å². The number of rotatable bonds is 6. The third-order valence-electron chi connectivity index (χ3n) is 3.88. The maximum Gasteiger partial charge on any atom is 0.341 e. The molecule has 1 aliphatic rings. The van der Waals surface area contributed by atoms with E-state index >= 15 is 0 Å². The van der Waals surface area contributed by atoms with Gasteiger partial charge in [-0.25, -0.2) is 4.79 Å². The smallest absolute Gasteiger partial charge is 0.341 e. The molecular formula is C16H19N5O4S. The Kier molecular flexibility index (Phi) is 5.64. The summed E-state index contributed by atoms with van der Waals surface area (Å²) in [7, 11) is 1.65. The number of anilines is 2. The summed E-state index contributed by atoms with van der Waals surface area (Å²) in [5.41, 5.74) is 0.650. The molecule has 138 valence electrons. The lowest BCUT2D eigenvalue weighted by molar-refractivity contribution is -0.139. The number of nitrogens with one attached hydrogen (secondary N) is 1. The molecule has 1 fully saturated rings. The van der Waals surface area contributed by atoms with E-state index in [1.807, 2.05) is 0 Å². The Morgan fingerprint density at radius 2 is 1.96 bits per heavy atom. The van der Waals surface area contributed by atoms with Crippen molar-refractivity contribution < 1.29 is 19.4 Å². The average molecular weight is 377 g/mol. The van der Waals surface area contributed by atoms with Crippen molar-refractivity contribution in [2.24, 2.45) is 0 Å². The van der Waals surface area contributed by atoms with Crippen molar-refractivity contribution in [2.45, 2.75) is 0 Å². The van der Waals surface area contributed by atoms with E-state index in [1.54, 1.807) is 31.3 Å². The van der Waals surface area contributed by atoms with Crippen LogP contribution in [0, 0.1) is 0 Å². The highest BCUT2D eigenvalue weighted by Gasteiger charge is 2.21. The van der Waals surface area contributed by atoms with E-state index < -0.39 is 12.6 Å². The van der Waals surface area contributed by atoms with E-state index in [0.717, 1.165) is 31.3 Å². The monoisotopic (exact) mass is 377 g/mol. The van der Waals surface area contributed by atoms with Crippen molar-refractivity contribution in [3.8, 4) is 5.75 Å². The number of hydrogen-bond acceptors (Lipinski definition) is 8. The maximum absolute atomic E-state index is 12.6. The molecular weight excluding hydrogens is 358 g/mol. The molecule has 9 nitrogen and oxygen atoms in total. The Labute approximate surface area is 154 Å². The third-order valence-corrected chi connectivity index (χ3v) is 4.85. The van der Waals surface area contributed by atoms with Gasteiger partial charge in [0.2, 0.25) is 10.1 Å². The van der Waals surface area contributed by atoms with Gasteiger partial charge in [-0.15, -0.1) is 10.2 Å². The van der Waals surface area contributed by atoms with E-state index in [9.17, 15) is 9.59 Å². The van der Waals surface area contributed by atoms with Crippen LogP contribution in [0.5, 0.6) is 5.75 Å². The molecule has 0 bridgehead atoms. The van der Waals surface area contributed by atoms with Crippen LogP contribution in [0.1, 0.15) is 9.80 Å². The van der Waals surface area contributed by atoms with Crippen LogP contribution in [0.15, 0.2) is 24.3 Å². The third kappa shape index (κ3) is 4.27. The van der Waals surface area contributed by atoms with E-state index in [2.05, 4.69) is 20.4 Å². The lowest BCUT2D eigenvalue weighted by Gasteiger charge is -2.26. The zero-order valence-electron chi connectivity index (χ0n) is 14.2. The van der Waals surface area contributed by atoms with Crippen molar-refractivity contribution in [3.63, 3.8) is 0 Å². The van der Waals surface area contributed by atoms with Crippen molar-refractivity contribution in [2.75, 3.05) is 49.6 Å². The van der Waals surface area contributed by atoms with Gasteiger partial charge in [0, 0.05) is 38.9 Å². The standard InChI is InChI=1S/C16H19N5O4S/c1-20(11-2-4-12(5-3-11)25-10-13(22)23)15(24)14-18-19-16(26-14)21-8-6-17-7-9-21/h2-5,17H,6-10H2,1H3,(H,22,23). The fraction of sp³-hybridized carbons (Fsp3) is 0.375. The summed E-state index contributed by atoms with van der Waals surface area (Å²) < 4.78 is 5.08. The van der Waals surface area contributed by atoms with E-state index in [0.29, 0.717) is 16.4 Å². The van der Waals surface area contributed by atoms with Gasteiger partial charge in [-0.05, 0) is 24.3 Å². The summed E-state index contributed by atoms with van der Waals surface area (Å²) >= 11 is 1.28. The molecule has 0 radical (unpaired) electrons. The SMILES string of the molecule is CN(C(=O)c1nnc(N2CCNCC2)s1)c1ccc(OCC(=O)O)cc1. The number of nitrogens with zero attached hydrogens (tertiary/aromatic N) is 4. The average Bonchev–Trinajstić information content (AvgIpc) is 3.16. The Bertz CT molecular complexity index is 773. The van der Waals surface area contributed by atoms with Crippen LogP contribution in [-0.2, 0) is 4.79 Å². The second-order valence-electron chi connectivity index (χ2n) is 5.67. The quantitative estimate of drug-likeness (QED) is 0.757. The Balaban J connectivity index is 1.65.